The number of hydrogen-bond acceptors (Lipinski definition) is 4. The van der Waals surface area contributed by atoms with Crippen LogP contribution in [0.2, 0.25) is 0 Å². The summed E-state index contributed by atoms with van der Waals surface area (Å²) in [7, 11) is -3.84. The van der Waals surface area contributed by atoms with E-state index in [-0.39, 0.29) is 9.77 Å². The maximum absolute atomic E-state index is 12.8. The van der Waals surface area contributed by atoms with Gasteiger partial charge in [-0.3, -0.25) is 4.31 Å². The molecular formula is C14H13NO4S2. The van der Waals surface area contributed by atoms with Gasteiger partial charge in [-0.25, -0.2) is 13.2 Å². The van der Waals surface area contributed by atoms with Gasteiger partial charge in [-0.15, -0.1) is 11.3 Å². The highest BCUT2D eigenvalue weighted by atomic mass is 32.2. The van der Waals surface area contributed by atoms with E-state index in [0.29, 0.717) is 12.2 Å². The first-order valence-electron chi connectivity index (χ1n) is 6.43. The van der Waals surface area contributed by atoms with Crippen LogP contribution in [0.25, 0.3) is 0 Å². The molecule has 0 spiro atoms. The van der Waals surface area contributed by atoms with E-state index in [1.54, 1.807) is 12.1 Å². The van der Waals surface area contributed by atoms with Gasteiger partial charge in [0.2, 0.25) is 0 Å². The maximum atomic E-state index is 12.8. The Kier molecular flexibility index (Phi) is 3.46. The Morgan fingerprint density at radius 3 is 2.76 bits per heavy atom. The number of benzene rings is 1. The SMILES string of the molecule is O=C(O)c1sccc1S(=O)(=O)N1CCCc2ccccc21. The van der Waals surface area contributed by atoms with Gasteiger partial charge in [0.15, 0.2) is 0 Å². The third kappa shape index (κ3) is 2.32. The first kappa shape index (κ1) is 14.1. The van der Waals surface area contributed by atoms with Crippen LogP contribution in [0.15, 0.2) is 40.6 Å². The van der Waals surface area contributed by atoms with Crippen LogP contribution in [0.4, 0.5) is 5.69 Å². The lowest BCUT2D eigenvalue weighted by atomic mass is 10.0. The van der Waals surface area contributed by atoms with Gasteiger partial charge in [0.05, 0.1) is 5.69 Å². The first-order chi connectivity index (χ1) is 10.0. The minimum absolute atomic E-state index is 0.128. The molecule has 5 nitrogen and oxygen atoms in total. The molecule has 0 saturated heterocycles. The third-order valence-corrected chi connectivity index (χ3v) is 6.35. The number of thiophene rings is 1. The van der Waals surface area contributed by atoms with Crippen LogP contribution in [-0.2, 0) is 16.4 Å². The third-order valence-electron chi connectivity index (χ3n) is 3.46. The van der Waals surface area contributed by atoms with Crippen LogP contribution in [0, 0.1) is 0 Å². The fraction of sp³-hybridized carbons (Fsp3) is 0.214. The second kappa shape index (κ2) is 5.16. The average molecular weight is 323 g/mol. The highest BCUT2D eigenvalue weighted by Gasteiger charge is 2.32. The molecule has 7 heteroatoms. The van der Waals surface area contributed by atoms with Crippen molar-refractivity contribution in [1.29, 1.82) is 0 Å². The van der Waals surface area contributed by atoms with Crippen molar-refractivity contribution in [2.75, 3.05) is 10.8 Å². The summed E-state index contributed by atoms with van der Waals surface area (Å²) < 4.78 is 26.9. The van der Waals surface area contributed by atoms with Gasteiger partial charge in [0, 0.05) is 6.54 Å². The van der Waals surface area contributed by atoms with Crippen molar-refractivity contribution in [3.05, 3.63) is 46.2 Å². The van der Waals surface area contributed by atoms with Crippen LogP contribution in [-0.4, -0.2) is 26.0 Å². The molecule has 0 amide bonds. The Bertz CT molecular complexity index is 795. The van der Waals surface area contributed by atoms with Crippen molar-refractivity contribution in [3.8, 4) is 0 Å². The van der Waals surface area contributed by atoms with Crippen molar-refractivity contribution in [3.63, 3.8) is 0 Å². The van der Waals surface area contributed by atoms with Gasteiger partial charge in [0.1, 0.15) is 9.77 Å². The highest BCUT2D eigenvalue weighted by molar-refractivity contribution is 7.93. The number of carbonyl (C=O) groups is 1. The normalized spacial score (nSPS) is 14.8. The monoisotopic (exact) mass is 323 g/mol. The molecule has 0 unspecified atom stereocenters. The standard InChI is InChI=1S/C14H13NO4S2/c16-14(17)13-12(7-9-20-13)21(18,19)15-8-3-5-10-4-1-2-6-11(10)15/h1-2,4,6-7,9H,3,5,8H2,(H,16,17). The molecule has 0 atom stereocenters. The topological polar surface area (TPSA) is 74.7 Å². The molecule has 1 N–H and O–H groups in total. The van der Waals surface area contributed by atoms with Crippen molar-refractivity contribution >= 4 is 33.0 Å². The summed E-state index contributed by atoms with van der Waals surface area (Å²) in [4.78, 5) is 10.9. The number of aryl methyl sites for hydroxylation is 1. The van der Waals surface area contributed by atoms with Crippen LogP contribution in [0.1, 0.15) is 21.7 Å². The Morgan fingerprint density at radius 2 is 2.00 bits per heavy atom. The van der Waals surface area contributed by atoms with Crippen LogP contribution in [0.5, 0.6) is 0 Å². The predicted octanol–water partition coefficient (Wildman–Crippen LogP) is 2.59. The Labute approximate surface area is 126 Å². The molecule has 2 heterocycles. The molecule has 2 aromatic rings. The van der Waals surface area contributed by atoms with Crippen LogP contribution < -0.4 is 4.31 Å². The molecule has 0 fully saturated rings. The maximum Gasteiger partial charge on any atom is 0.347 e. The van der Waals surface area contributed by atoms with E-state index in [2.05, 4.69) is 0 Å². The number of fused-ring (bicyclic) bond motifs is 1. The summed E-state index contributed by atoms with van der Waals surface area (Å²) in [5.74, 6) is -1.21. The zero-order valence-electron chi connectivity index (χ0n) is 11.0. The number of hydrogen-bond donors (Lipinski definition) is 1. The molecule has 0 aliphatic carbocycles. The summed E-state index contributed by atoms with van der Waals surface area (Å²) in [5, 5.41) is 10.6. The first-order valence-corrected chi connectivity index (χ1v) is 8.75. The zero-order valence-corrected chi connectivity index (χ0v) is 12.7. The van der Waals surface area contributed by atoms with Crippen LogP contribution in [0.3, 0.4) is 0 Å². The lowest BCUT2D eigenvalue weighted by Gasteiger charge is -2.30. The Balaban J connectivity index is 2.12. The van der Waals surface area contributed by atoms with E-state index in [1.807, 2.05) is 12.1 Å². The van der Waals surface area contributed by atoms with Gasteiger partial charge >= 0.3 is 5.97 Å². The fourth-order valence-electron chi connectivity index (χ4n) is 2.52. The Hall–Kier alpha value is -1.86. The van der Waals surface area contributed by atoms with Gasteiger partial charge in [-0.05, 0) is 35.9 Å². The largest absolute Gasteiger partial charge is 0.477 e. The summed E-state index contributed by atoms with van der Waals surface area (Å²) in [6.07, 6.45) is 1.56. The molecule has 0 saturated carbocycles. The highest BCUT2D eigenvalue weighted by Crippen LogP contribution is 2.34. The van der Waals surface area contributed by atoms with Gasteiger partial charge in [0.25, 0.3) is 10.0 Å². The van der Waals surface area contributed by atoms with Crippen molar-refractivity contribution in [2.45, 2.75) is 17.7 Å². The molecule has 1 aliphatic rings. The summed E-state index contributed by atoms with van der Waals surface area (Å²) in [6.45, 7) is 0.369. The quantitative estimate of drug-likeness (QED) is 0.942. The number of rotatable bonds is 3. The molecule has 0 radical (unpaired) electrons. The van der Waals surface area contributed by atoms with E-state index >= 15 is 0 Å². The molecule has 21 heavy (non-hydrogen) atoms. The number of sulfonamides is 1. The molecule has 1 aliphatic heterocycles. The van der Waals surface area contributed by atoms with Crippen LogP contribution >= 0.6 is 11.3 Å². The van der Waals surface area contributed by atoms with E-state index in [1.165, 1.54) is 15.8 Å². The molecule has 3 rings (SSSR count). The smallest absolute Gasteiger partial charge is 0.347 e. The number of carboxylic acids is 1. The fourth-order valence-corrected chi connectivity index (χ4v) is 5.30. The number of anilines is 1. The molecule has 0 bridgehead atoms. The average Bonchev–Trinajstić information content (AvgIpc) is 2.97. The minimum Gasteiger partial charge on any atom is -0.477 e. The van der Waals surface area contributed by atoms with Gasteiger partial charge in [-0.1, -0.05) is 18.2 Å². The molecular weight excluding hydrogens is 310 g/mol. The number of carboxylic acid groups (broad SMARTS) is 1. The second-order valence-corrected chi connectivity index (χ2v) is 7.48. The van der Waals surface area contributed by atoms with Gasteiger partial charge < -0.3 is 5.11 Å². The van der Waals surface area contributed by atoms with Crippen molar-refractivity contribution < 1.29 is 18.3 Å². The Morgan fingerprint density at radius 1 is 1.24 bits per heavy atom. The van der Waals surface area contributed by atoms with E-state index < -0.39 is 16.0 Å². The lowest BCUT2D eigenvalue weighted by molar-refractivity contribution is 0.0698. The zero-order chi connectivity index (χ0) is 15.0. The molecule has 1 aromatic carbocycles. The van der Waals surface area contributed by atoms with Crippen molar-refractivity contribution in [1.82, 2.24) is 0 Å². The summed E-state index contributed by atoms with van der Waals surface area (Å²) in [6, 6.07) is 8.70. The summed E-state index contributed by atoms with van der Waals surface area (Å²) in [5.41, 5.74) is 1.62. The second-order valence-electron chi connectivity index (χ2n) is 4.73. The molecule has 110 valence electrons. The van der Waals surface area contributed by atoms with E-state index in [9.17, 15) is 13.2 Å². The summed E-state index contributed by atoms with van der Waals surface area (Å²) >= 11 is 0.924. The van der Waals surface area contributed by atoms with E-state index in [0.717, 1.165) is 29.7 Å². The molecule has 1 aromatic heterocycles. The van der Waals surface area contributed by atoms with E-state index in [4.69, 9.17) is 5.11 Å². The predicted molar refractivity (Wildman–Crippen MR) is 80.6 cm³/mol. The van der Waals surface area contributed by atoms with Crippen molar-refractivity contribution in [2.24, 2.45) is 0 Å². The number of aromatic carboxylic acids is 1. The number of para-hydroxylation sites is 1. The number of nitrogens with zero attached hydrogens (tertiary/aromatic N) is 1. The van der Waals surface area contributed by atoms with Gasteiger partial charge in [-0.2, -0.15) is 0 Å². The minimum atomic E-state index is -3.84. The lowest BCUT2D eigenvalue weighted by Crippen LogP contribution is -2.35.